The number of halogens is 15. The van der Waals surface area contributed by atoms with Crippen LogP contribution in [0, 0.1) is 68.5 Å². The summed E-state index contributed by atoms with van der Waals surface area (Å²) >= 11 is 0. The number of hydrogen-bond acceptors (Lipinski definition) is 28. The number of piperidine rings is 1. The van der Waals surface area contributed by atoms with Gasteiger partial charge in [0.25, 0.3) is 0 Å². The number of hydrogen-bond donors (Lipinski definition) is 10. The van der Waals surface area contributed by atoms with Crippen molar-refractivity contribution < 1.29 is 70.6 Å². The van der Waals surface area contributed by atoms with E-state index in [0.717, 1.165) is 129 Å². The van der Waals surface area contributed by atoms with Crippen LogP contribution in [0.3, 0.4) is 0 Å². The molecule has 0 spiro atoms. The first-order chi connectivity index (χ1) is 68.6. The first-order valence-electron chi connectivity index (χ1n) is 43.8. The molecular weight excluding hydrogens is 1890 g/mol. The molecule has 2 aliphatic heterocycles. The number of ether oxygens (including phenoxy) is 1. The lowest BCUT2D eigenvalue weighted by Gasteiger charge is -2.29. The highest BCUT2D eigenvalue weighted by molar-refractivity contribution is 5.98. The molecule has 3 atom stereocenters. The molecular formula is C95H73F15N32O. The van der Waals surface area contributed by atoms with Crippen LogP contribution >= 0.6 is 0 Å². The fraction of sp³-hybridized carbons (Fsp3) is 0.253. The molecule has 1 aromatic carbocycles. The van der Waals surface area contributed by atoms with Crippen molar-refractivity contribution in [3.8, 4) is 92.4 Å². The summed E-state index contributed by atoms with van der Waals surface area (Å²) in [6.45, 7) is 5.78. The third kappa shape index (κ3) is 21.8. The van der Waals surface area contributed by atoms with Gasteiger partial charge in [0.1, 0.15) is 64.3 Å². The molecule has 2 saturated carbocycles. The quantitative estimate of drug-likeness (QED) is 0.0379. The average Bonchev–Trinajstić information content (AvgIpc) is 1.71. The van der Waals surface area contributed by atoms with E-state index in [1.165, 1.54) is 81.2 Å². The van der Waals surface area contributed by atoms with Crippen LogP contribution in [0.5, 0.6) is 5.75 Å². The molecule has 143 heavy (non-hydrogen) atoms. The van der Waals surface area contributed by atoms with Gasteiger partial charge in [-0.25, -0.2) is 74.8 Å². The standard InChI is InChI=1S/C22H15F3N6O.C20H17F3N6.C19H18F3N7.C19H12F3N7.C15H11F3N6/c23-22(24,25)15-6-16-17(11-28-20(16)27-10-15)19-14(7-26)9-30-21(31-19)29-8-12-1-2-18-13(5-12)3-4-32-18;21-20(22,23)13-5-14-15(9-26-18(14)25-8-13)17-12(6-24)7-27-19(29-17)28-16-4-10-1-2-11(16)3-10;1-29-4-2-13(3-5-29)27-18-26-8-11(7-23)16(28-18)15-10-25-17-14(15)6-12(9-24-17)19(20,21)22;20-19(21,22)12-5-14-15(10-26-17(14)25-8-12)16-11(6-23)7-27-18(29-16)28-9-13-3-1-2-4-24-13;1-2-20-14-23-5-8(4-19)12(24-14)11-7-22-13-10(11)3-9(6-21-13)15(16,17)18/h1-2,5-6,9-11H,3-4,8H2,(H,27,28)(H,29,30,31);5,7-11,16H,1-4H2,(H,25,26)(H,27,28,29);6,8-10,13H,2-5H2,1H3,(H,24,25)(H,26,27,28);1-5,7-8,10H,9H2,(H,25,26)(H,27,28,29);3,5-7H,2H2,1H3,(H,21,22)(H,20,23,24)/t;10?,11-,16?;;;/m.1.../s1. The molecule has 17 aromatic rings. The number of nitriles is 5. The zero-order valence-electron chi connectivity index (χ0n) is 74.5. The summed E-state index contributed by atoms with van der Waals surface area (Å²) in [6.07, 6.45) is 4.69. The molecule has 2 bridgehead atoms. The van der Waals surface area contributed by atoms with Gasteiger partial charge < -0.3 is 61.1 Å². The summed E-state index contributed by atoms with van der Waals surface area (Å²) in [5.41, 5.74) is 3.84. The van der Waals surface area contributed by atoms with Gasteiger partial charge >= 0.3 is 30.9 Å². The molecule has 33 nitrogen and oxygen atoms in total. The van der Waals surface area contributed by atoms with Crippen molar-refractivity contribution in [2.75, 3.05) is 59.9 Å². The van der Waals surface area contributed by atoms with Crippen molar-refractivity contribution in [1.82, 2.24) is 110 Å². The molecule has 18 heterocycles. The van der Waals surface area contributed by atoms with Gasteiger partial charge in [-0.15, -0.1) is 0 Å². The maximum Gasteiger partial charge on any atom is 0.417 e. The van der Waals surface area contributed by atoms with Gasteiger partial charge in [-0.1, -0.05) is 24.6 Å². The SMILES string of the molecule is CCNc1ncc(C#N)c(-c2c[nH]c3ncc(C(F)(F)F)cc23)n1.CN1CCC(Nc2ncc(C#N)c(-c3c[nH]c4ncc(C(F)(F)F)cc34)n2)CC1.N#Cc1cnc(NC2CC3CC[C@@H]2C3)nc1-c1c[nH]c2ncc(C(F)(F)F)cc12.N#Cc1cnc(NCc2ccc3c(c2)CCO3)nc1-c1c[nH]c2ncc(C(F)(F)F)cc12.N#Cc1cnc(NCc2ccccn2)nc1-c1c[nH]c2ncc(C(F)(F)F)cc12. The number of fused-ring (bicyclic) bond motifs is 8. The van der Waals surface area contributed by atoms with Crippen molar-refractivity contribution in [2.24, 2.45) is 11.8 Å². The van der Waals surface area contributed by atoms with E-state index in [0.29, 0.717) is 101 Å². The Morgan fingerprint density at radius 2 is 0.748 bits per heavy atom. The van der Waals surface area contributed by atoms with Crippen molar-refractivity contribution in [2.45, 2.75) is 108 Å². The zero-order valence-corrected chi connectivity index (χ0v) is 74.5. The molecule has 1 saturated heterocycles. The number of aromatic amines is 5. The number of anilines is 5. The number of likely N-dealkylation sites (tertiary alicyclic amines) is 1. The first kappa shape index (κ1) is 97.0. The minimum absolute atomic E-state index is 0.131. The number of alkyl halides is 15. The van der Waals surface area contributed by atoms with Crippen LogP contribution in [0.4, 0.5) is 95.6 Å². The Hall–Kier alpha value is -17.6. The summed E-state index contributed by atoms with van der Waals surface area (Å²) in [5, 5.41) is 63.9. The topological polar surface area (TPSA) is 477 Å². The van der Waals surface area contributed by atoms with Crippen molar-refractivity contribution in [3.63, 3.8) is 0 Å². The molecule has 0 radical (unpaired) electrons. The summed E-state index contributed by atoms with van der Waals surface area (Å²) in [5.74, 6) is 3.75. The number of pyridine rings is 6. The molecule has 2 unspecified atom stereocenters. The van der Waals surface area contributed by atoms with Crippen LogP contribution in [0.2, 0.25) is 0 Å². The van der Waals surface area contributed by atoms with Crippen LogP contribution in [-0.2, 0) is 50.4 Å². The fourth-order valence-corrected chi connectivity index (χ4v) is 16.8. The predicted molar refractivity (Wildman–Crippen MR) is 490 cm³/mol. The summed E-state index contributed by atoms with van der Waals surface area (Å²) in [4.78, 5) is 82.4. The molecule has 21 rings (SSSR count). The van der Waals surface area contributed by atoms with E-state index < -0.39 is 58.7 Å². The van der Waals surface area contributed by atoms with Crippen molar-refractivity contribution in [1.29, 1.82) is 26.3 Å². The highest BCUT2D eigenvalue weighted by Gasteiger charge is 2.41. The highest BCUT2D eigenvalue weighted by atomic mass is 19.4. The van der Waals surface area contributed by atoms with Crippen molar-refractivity contribution >= 4 is 84.9 Å². The van der Waals surface area contributed by atoms with Crippen LogP contribution in [0.15, 0.2) is 166 Å². The molecule has 16 aromatic heterocycles. The first-order valence-corrected chi connectivity index (χ1v) is 43.8. The fourth-order valence-electron chi connectivity index (χ4n) is 16.8. The normalized spacial score (nSPS) is 15.1. The van der Waals surface area contributed by atoms with Gasteiger partial charge in [0.05, 0.1) is 134 Å². The third-order valence-corrected chi connectivity index (χ3v) is 23.9. The monoisotopic (exact) mass is 1960 g/mol. The lowest BCUT2D eigenvalue weighted by molar-refractivity contribution is -0.138. The highest BCUT2D eigenvalue weighted by Crippen LogP contribution is 2.47. The smallest absolute Gasteiger partial charge is 0.417 e. The molecule has 10 N–H and O–H groups in total. The molecule has 48 heteroatoms. The van der Waals surface area contributed by atoms with Gasteiger partial charge in [0.2, 0.25) is 29.7 Å². The summed E-state index contributed by atoms with van der Waals surface area (Å²) < 4.78 is 202. The van der Waals surface area contributed by atoms with E-state index in [9.17, 15) is 92.2 Å². The lowest BCUT2D eigenvalue weighted by Crippen LogP contribution is -2.37. The van der Waals surface area contributed by atoms with Crippen molar-refractivity contribution in [3.05, 3.63) is 238 Å². The molecule has 4 aliphatic rings. The van der Waals surface area contributed by atoms with E-state index in [4.69, 9.17) is 4.74 Å². The number of rotatable bonds is 17. The number of H-pyrrole nitrogens is 5. The van der Waals surface area contributed by atoms with E-state index in [1.54, 1.807) is 12.3 Å². The predicted octanol–water partition coefficient (Wildman–Crippen LogP) is 19.6. The minimum Gasteiger partial charge on any atom is -0.493 e. The minimum atomic E-state index is -4.53. The Bertz CT molecular complexity index is 7840. The van der Waals surface area contributed by atoms with Gasteiger partial charge in [-0.3, -0.25) is 4.98 Å². The van der Waals surface area contributed by atoms with E-state index in [-0.39, 0.29) is 112 Å². The number of benzene rings is 1. The van der Waals surface area contributed by atoms with Gasteiger partial charge in [0.15, 0.2) is 0 Å². The Morgan fingerprint density at radius 1 is 0.392 bits per heavy atom. The Morgan fingerprint density at radius 3 is 1.08 bits per heavy atom. The van der Waals surface area contributed by atoms with Crippen LogP contribution in [0.25, 0.3) is 111 Å². The number of nitrogens with zero attached hydrogens (tertiary/aromatic N) is 22. The van der Waals surface area contributed by atoms with Gasteiger partial charge in [0, 0.05) is 155 Å². The Labute approximate surface area is 798 Å². The Balaban J connectivity index is 0.000000123. The second kappa shape index (κ2) is 40.4. The van der Waals surface area contributed by atoms with Crippen LogP contribution < -0.4 is 31.3 Å². The maximum absolute atomic E-state index is 13.2. The van der Waals surface area contributed by atoms with E-state index in [1.807, 2.05) is 67.6 Å². The zero-order chi connectivity index (χ0) is 101. The second-order valence-corrected chi connectivity index (χ2v) is 33.2. The second-order valence-electron chi connectivity index (χ2n) is 33.2. The molecule has 724 valence electrons. The maximum atomic E-state index is 13.2. The van der Waals surface area contributed by atoms with E-state index in [2.05, 4.69) is 143 Å². The average molecular weight is 1960 g/mol. The molecule has 0 amide bonds. The largest absolute Gasteiger partial charge is 0.493 e. The Kier molecular flexibility index (Phi) is 27.4. The molecule has 2 aliphatic carbocycles. The van der Waals surface area contributed by atoms with Crippen LogP contribution in [-0.4, -0.2) is 155 Å². The van der Waals surface area contributed by atoms with E-state index >= 15 is 0 Å². The third-order valence-electron chi connectivity index (χ3n) is 23.9. The lowest BCUT2D eigenvalue weighted by atomic mass is 9.95. The van der Waals surface area contributed by atoms with Gasteiger partial charge in [-0.05, 0) is 131 Å². The number of aromatic nitrogens is 21. The van der Waals surface area contributed by atoms with Gasteiger partial charge in [-0.2, -0.15) is 92.2 Å². The number of nitrogens with one attached hydrogen (secondary N) is 10. The summed E-state index contributed by atoms with van der Waals surface area (Å²) in [6, 6.07) is 26.8. The van der Waals surface area contributed by atoms with Crippen LogP contribution in [0.1, 0.15) is 118 Å². The molecule has 3 fully saturated rings. The summed E-state index contributed by atoms with van der Waals surface area (Å²) in [7, 11) is 2.06.